The second kappa shape index (κ2) is 4.70. The molecule has 0 amide bonds. The van der Waals surface area contributed by atoms with Crippen molar-refractivity contribution in [1.82, 2.24) is 4.57 Å². The Morgan fingerprint density at radius 3 is 2.35 bits per heavy atom. The summed E-state index contributed by atoms with van der Waals surface area (Å²) in [6.07, 6.45) is 1.79. The number of benzene rings is 2. The number of fused-ring (bicyclic) bond motifs is 1. The second-order valence-electron chi connectivity index (χ2n) is 4.53. The number of carboxylic acid groups (broad SMARTS) is 1. The Hall–Kier alpha value is -2.81. The molecule has 0 atom stereocenters. The van der Waals surface area contributed by atoms with Crippen molar-refractivity contribution in [3.05, 3.63) is 72.9 Å². The van der Waals surface area contributed by atoms with Gasteiger partial charge in [-0.1, -0.05) is 43.0 Å². The second-order valence-corrected chi connectivity index (χ2v) is 4.53. The first-order valence-electron chi connectivity index (χ1n) is 6.24. The van der Waals surface area contributed by atoms with E-state index in [2.05, 4.69) is 6.58 Å². The predicted molar refractivity (Wildman–Crippen MR) is 77.3 cm³/mol. The fourth-order valence-electron chi connectivity index (χ4n) is 2.33. The SMILES string of the molecule is C=C(C(=O)[O-])c1cn(-c2ccccc2)c2ccccc12. The maximum Gasteiger partial charge on any atom is 0.0716 e. The molecule has 0 N–H and O–H groups in total. The van der Waals surface area contributed by atoms with Crippen molar-refractivity contribution in [2.45, 2.75) is 0 Å². The lowest BCUT2D eigenvalue weighted by Crippen LogP contribution is -2.22. The molecule has 3 heteroatoms. The molecule has 3 nitrogen and oxygen atoms in total. The highest BCUT2D eigenvalue weighted by Gasteiger charge is 2.12. The number of para-hydroxylation sites is 2. The smallest absolute Gasteiger partial charge is 0.0716 e. The summed E-state index contributed by atoms with van der Waals surface area (Å²) in [6, 6.07) is 17.4. The van der Waals surface area contributed by atoms with Crippen LogP contribution in [-0.2, 0) is 4.79 Å². The Morgan fingerprint density at radius 1 is 1.00 bits per heavy atom. The third kappa shape index (κ3) is 1.89. The lowest BCUT2D eigenvalue weighted by molar-refractivity contribution is -0.295. The van der Waals surface area contributed by atoms with Crippen molar-refractivity contribution >= 4 is 22.4 Å². The van der Waals surface area contributed by atoms with Crippen molar-refractivity contribution in [3.63, 3.8) is 0 Å². The molecule has 1 aromatic heterocycles. The standard InChI is InChI=1S/C17H13NO2/c1-12(17(19)20)15-11-18(13-7-3-2-4-8-13)16-10-6-5-9-14(15)16/h2-11H,1H2,(H,19,20)/p-1. The van der Waals surface area contributed by atoms with Crippen LogP contribution in [0, 0.1) is 0 Å². The summed E-state index contributed by atoms with van der Waals surface area (Å²) in [6.45, 7) is 3.61. The topological polar surface area (TPSA) is 45.1 Å². The molecule has 0 aliphatic heterocycles. The third-order valence-corrected chi connectivity index (χ3v) is 3.32. The number of carbonyl (C=O) groups excluding carboxylic acids is 1. The molecular formula is C17H12NO2-. The Labute approximate surface area is 116 Å². The minimum atomic E-state index is -1.25. The Balaban J connectivity index is 2.30. The molecule has 0 unspecified atom stereocenters. The van der Waals surface area contributed by atoms with Gasteiger partial charge in [0.15, 0.2) is 0 Å². The van der Waals surface area contributed by atoms with Gasteiger partial charge in [0, 0.05) is 22.8 Å². The lowest BCUT2D eigenvalue weighted by atomic mass is 10.1. The Kier molecular flexibility index (Phi) is 2.88. The molecule has 0 saturated heterocycles. The quantitative estimate of drug-likeness (QED) is 0.680. The van der Waals surface area contributed by atoms with Gasteiger partial charge in [0.2, 0.25) is 0 Å². The highest BCUT2D eigenvalue weighted by Crippen LogP contribution is 2.28. The maximum absolute atomic E-state index is 11.1. The molecule has 20 heavy (non-hydrogen) atoms. The van der Waals surface area contributed by atoms with Crippen LogP contribution in [0.2, 0.25) is 0 Å². The van der Waals surface area contributed by atoms with Crippen LogP contribution in [0.1, 0.15) is 5.56 Å². The van der Waals surface area contributed by atoms with Crippen LogP contribution in [0.4, 0.5) is 0 Å². The highest BCUT2D eigenvalue weighted by molar-refractivity contribution is 6.17. The molecule has 0 fully saturated rings. The van der Waals surface area contributed by atoms with E-state index in [-0.39, 0.29) is 5.57 Å². The molecule has 0 saturated carbocycles. The average Bonchev–Trinajstić information content (AvgIpc) is 2.87. The van der Waals surface area contributed by atoms with E-state index in [0.29, 0.717) is 5.56 Å². The summed E-state index contributed by atoms with van der Waals surface area (Å²) in [4.78, 5) is 11.1. The largest absolute Gasteiger partial charge is 0.545 e. The van der Waals surface area contributed by atoms with Crippen molar-refractivity contribution in [1.29, 1.82) is 0 Å². The minimum Gasteiger partial charge on any atom is -0.545 e. The summed E-state index contributed by atoms with van der Waals surface area (Å²) in [5.74, 6) is -1.25. The molecule has 3 aromatic rings. The third-order valence-electron chi connectivity index (χ3n) is 3.32. The van der Waals surface area contributed by atoms with Crippen LogP contribution < -0.4 is 5.11 Å². The van der Waals surface area contributed by atoms with E-state index in [9.17, 15) is 9.90 Å². The lowest BCUT2D eigenvalue weighted by Gasteiger charge is -2.04. The van der Waals surface area contributed by atoms with E-state index in [4.69, 9.17) is 0 Å². The highest BCUT2D eigenvalue weighted by atomic mass is 16.4. The summed E-state index contributed by atoms with van der Waals surface area (Å²) >= 11 is 0. The fourth-order valence-corrected chi connectivity index (χ4v) is 2.33. The van der Waals surface area contributed by atoms with E-state index < -0.39 is 5.97 Å². The van der Waals surface area contributed by atoms with Crippen LogP contribution in [0.15, 0.2) is 67.4 Å². The van der Waals surface area contributed by atoms with Crippen LogP contribution in [-0.4, -0.2) is 10.5 Å². The Bertz CT molecular complexity index is 800. The van der Waals surface area contributed by atoms with Crippen LogP contribution in [0.25, 0.3) is 22.2 Å². The van der Waals surface area contributed by atoms with Gasteiger partial charge in [-0.15, -0.1) is 0 Å². The van der Waals surface area contributed by atoms with Crippen molar-refractivity contribution in [2.75, 3.05) is 0 Å². The molecule has 0 aliphatic rings. The van der Waals surface area contributed by atoms with Crippen LogP contribution in [0.3, 0.4) is 0 Å². The predicted octanol–water partition coefficient (Wildman–Crippen LogP) is 2.39. The average molecular weight is 262 g/mol. The molecule has 0 aliphatic carbocycles. The zero-order chi connectivity index (χ0) is 14.1. The summed E-state index contributed by atoms with van der Waals surface area (Å²) < 4.78 is 1.96. The summed E-state index contributed by atoms with van der Waals surface area (Å²) in [7, 11) is 0. The number of carbonyl (C=O) groups is 1. The van der Waals surface area contributed by atoms with Gasteiger partial charge in [0.05, 0.1) is 11.5 Å². The van der Waals surface area contributed by atoms with Gasteiger partial charge in [-0.2, -0.15) is 0 Å². The van der Waals surface area contributed by atoms with Crippen molar-refractivity contribution in [2.24, 2.45) is 0 Å². The van der Waals surface area contributed by atoms with Gasteiger partial charge in [-0.05, 0) is 23.8 Å². The molecular weight excluding hydrogens is 250 g/mol. The van der Waals surface area contributed by atoms with E-state index in [1.54, 1.807) is 6.20 Å². The van der Waals surface area contributed by atoms with Crippen molar-refractivity contribution < 1.29 is 9.90 Å². The molecule has 98 valence electrons. The van der Waals surface area contributed by atoms with E-state index in [1.807, 2.05) is 59.2 Å². The molecule has 0 bridgehead atoms. The number of aromatic nitrogens is 1. The monoisotopic (exact) mass is 262 g/mol. The van der Waals surface area contributed by atoms with Gasteiger partial charge in [-0.3, -0.25) is 0 Å². The number of nitrogens with zero attached hydrogens (tertiary/aromatic N) is 1. The van der Waals surface area contributed by atoms with Gasteiger partial charge in [-0.25, -0.2) is 0 Å². The van der Waals surface area contributed by atoms with Gasteiger partial charge >= 0.3 is 0 Å². The number of aliphatic carboxylic acids is 1. The van der Waals surface area contributed by atoms with E-state index in [0.717, 1.165) is 16.6 Å². The first kappa shape index (κ1) is 12.2. The first-order chi connectivity index (χ1) is 9.68. The normalized spacial score (nSPS) is 10.6. The minimum absolute atomic E-state index is 0.00381. The van der Waals surface area contributed by atoms with E-state index in [1.165, 1.54) is 0 Å². The number of rotatable bonds is 3. The molecule has 0 spiro atoms. The molecule has 2 aromatic carbocycles. The molecule has 3 rings (SSSR count). The summed E-state index contributed by atoms with van der Waals surface area (Å²) in [5, 5.41) is 11.9. The summed E-state index contributed by atoms with van der Waals surface area (Å²) in [5.41, 5.74) is 2.50. The van der Waals surface area contributed by atoms with E-state index >= 15 is 0 Å². The Morgan fingerprint density at radius 2 is 1.65 bits per heavy atom. The molecule has 0 radical (unpaired) electrons. The molecule has 1 heterocycles. The zero-order valence-corrected chi connectivity index (χ0v) is 10.7. The number of carboxylic acids is 1. The van der Waals surface area contributed by atoms with Crippen LogP contribution in [0.5, 0.6) is 0 Å². The van der Waals surface area contributed by atoms with Gasteiger partial charge in [0.1, 0.15) is 0 Å². The van der Waals surface area contributed by atoms with Gasteiger partial charge < -0.3 is 14.5 Å². The number of hydrogen-bond donors (Lipinski definition) is 0. The zero-order valence-electron chi connectivity index (χ0n) is 10.7. The first-order valence-corrected chi connectivity index (χ1v) is 6.24. The number of hydrogen-bond acceptors (Lipinski definition) is 2. The fraction of sp³-hybridized carbons (Fsp3) is 0. The van der Waals surface area contributed by atoms with Crippen LogP contribution >= 0.6 is 0 Å². The maximum atomic E-state index is 11.1. The van der Waals surface area contributed by atoms with Gasteiger partial charge in [0.25, 0.3) is 0 Å². The van der Waals surface area contributed by atoms with Crippen molar-refractivity contribution in [3.8, 4) is 5.69 Å².